The van der Waals surface area contributed by atoms with Crippen LogP contribution in [-0.4, -0.2) is 19.6 Å². The maximum atomic E-state index is 3.52. The van der Waals surface area contributed by atoms with Crippen LogP contribution in [0.4, 0.5) is 5.69 Å². The van der Waals surface area contributed by atoms with Crippen molar-refractivity contribution in [2.45, 2.75) is 40.7 Å². The van der Waals surface area contributed by atoms with Crippen molar-refractivity contribution in [3.05, 3.63) is 29.8 Å². The summed E-state index contributed by atoms with van der Waals surface area (Å²) in [6.07, 6.45) is 0. The molecule has 0 amide bonds. The van der Waals surface area contributed by atoms with Crippen LogP contribution in [0.15, 0.2) is 24.3 Å². The first-order valence-corrected chi connectivity index (χ1v) is 7.50. The zero-order chi connectivity index (χ0) is 14.0. The first-order valence-electron chi connectivity index (χ1n) is 7.50. The summed E-state index contributed by atoms with van der Waals surface area (Å²) in [4.78, 5) is 2.53. The van der Waals surface area contributed by atoms with Gasteiger partial charge in [0.05, 0.1) is 0 Å². The Morgan fingerprint density at radius 2 is 1.89 bits per heavy atom. The van der Waals surface area contributed by atoms with Gasteiger partial charge in [-0.1, -0.05) is 45.9 Å². The molecule has 1 unspecified atom stereocenters. The molecule has 2 heteroatoms. The molecule has 0 saturated carbocycles. The van der Waals surface area contributed by atoms with E-state index in [-0.39, 0.29) is 0 Å². The fourth-order valence-corrected chi connectivity index (χ4v) is 2.78. The van der Waals surface area contributed by atoms with Crippen molar-refractivity contribution in [1.82, 2.24) is 5.32 Å². The van der Waals surface area contributed by atoms with Gasteiger partial charge < -0.3 is 10.2 Å². The number of nitrogens with zero attached hydrogens (tertiary/aromatic N) is 1. The second-order valence-corrected chi connectivity index (χ2v) is 6.81. The molecule has 2 rings (SSSR count). The van der Waals surface area contributed by atoms with Crippen LogP contribution in [0.2, 0.25) is 0 Å². The standard InChI is InChI=1S/C17H28N2/c1-6-18-13(2)15-9-7-8-10-16(15)19-11-14(12-19)17(3,4)5/h7-10,13-14,18H,6,11-12H2,1-5H3. The van der Waals surface area contributed by atoms with Crippen molar-refractivity contribution < 1.29 is 0 Å². The second kappa shape index (κ2) is 5.54. The first-order chi connectivity index (χ1) is 8.93. The summed E-state index contributed by atoms with van der Waals surface area (Å²) in [5, 5.41) is 3.52. The summed E-state index contributed by atoms with van der Waals surface area (Å²) in [5.74, 6) is 0.815. The Hall–Kier alpha value is -1.02. The number of rotatable bonds is 4. The smallest absolute Gasteiger partial charge is 0.0414 e. The van der Waals surface area contributed by atoms with Crippen molar-refractivity contribution in [1.29, 1.82) is 0 Å². The Bertz CT molecular complexity index is 414. The third-order valence-corrected chi connectivity index (χ3v) is 4.36. The van der Waals surface area contributed by atoms with E-state index in [0.29, 0.717) is 11.5 Å². The molecule has 1 saturated heterocycles. The SMILES string of the molecule is CCNC(C)c1ccccc1N1CC(C(C)(C)C)C1. The van der Waals surface area contributed by atoms with Crippen molar-refractivity contribution in [3.8, 4) is 0 Å². The van der Waals surface area contributed by atoms with Crippen LogP contribution in [0.1, 0.15) is 46.2 Å². The molecule has 1 atom stereocenters. The average molecular weight is 260 g/mol. The van der Waals surface area contributed by atoms with Gasteiger partial charge in [0.25, 0.3) is 0 Å². The van der Waals surface area contributed by atoms with Crippen LogP contribution in [-0.2, 0) is 0 Å². The predicted molar refractivity (Wildman–Crippen MR) is 83.7 cm³/mol. The third kappa shape index (κ3) is 3.11. The summed E-state index contributed by atoms with van der Waals surface area (Å²) in [6, 6.07) is 9.25. The lowest BCUT2D eigenvalue weighted by atomic mass is 9.75. The van der Waals surface area contributed by atoms with E-state index in [1.54, 1.807) is 0 Å². The number of hydrogen-bond acceptors (Lipinski definition) is 2. The quantitative estimate of drug-likeness (QED) is 0.885. The van der Waals surface area contributed by atoms with E-state index in [2.05, 4.69) is 69.1 Å². The highest BCUT2D eigenvalue weighted by molar-refractivity contribution is 5.56. The fourth-order valence-electron chi connectivity index (χ4n) is 2.78. The largest absolute Gasteiger partial charge is 0.371 e. The summed E-state index contributed by atoms with van der Waals surface area (Å²) in [7, 11) is 0. The molecule has 0 aromatic heterocycles. The minimum atomic E-state index is 0.426. The predicted octanol–water partition coefficient (Wildman–Crippen LogP) is 3.84. The molecule has 106 valence electrons. The van der Waals surface area contributed by atoms with Crippen LogP contribution >= 0.6 is 0 Å². The number of para-hydroxylation sites is 1. The van der Waals surface area contributed by atoms with Crippen molar-refractivity contribution in [3.63, 3.8) is 0 Å². The Morgan fingerprint density at radius 1 is 1.26 bits per heavy atom. The zero-order valence-corrected chi connectivity index (χ0v) is 13.0. The maximum absolute atomic E-state index is 3.52. The molecule has 0 bridgehead atoms. The zero-order valence-electron chi connectivity index (χ0n) is 13.0. The number of benzene rings is 1. The van der Waals surface area contributed by atoms with Gasteiger partial charge in [0.15, 0.2) is 0 Å². The highest BCUT2D eigenvalue weighted by Gasteiger charge is 2.36. The van der Waals surface area contributed by atoms with E-state index >= 15 is 0 Å². The lowest BCUT2D eigenvalue weighted by Gasteiger charge is -2.48. The average Bonchev–Trinajstić information content (AvgIpc) is 2.26. The van der Waals surface area contributed by atoms with Crippen LogP contribution in [0, 0.1) is 11.3 Å². The molecule has 1 N–H and O–H groups in total. The van der Waals surface area contributed by atoms with Crippen LogP contribution in [0.3, 0.4) is 0 Å². The van der Waals surface area contributed by atoms with Gasteiger partial charge in [0.1, 0.15) is 0 Å². The Morgan fingerprint density at radius 3 is 2.47 bits per heavy atom. The first kappa shape index (κ1) is 14.4. The van der Waals surface area contributed by atoms with Crippen LogP contribution in [0.5, 0.6) is 0 Å². The lowest BCUT2D eigenvalue weighted by molar-refractivity contribution is 0.195. The molecule has 0 aliphatic carbocycles. The summed E-state index contributed by atoms with van der Waals surface area (Å²) in [6.45, 7) is 14.9. The third-order valence-electron chi connectivity index (χ3n) is 4.36. The molecule has 0 radical (unpaired) electrons. The van der Waals surface area contributed by atoms with E-state index in [0.717, 1.165) is 12.5 Å². The minimum absolute atomic E-state index is 0.426. The molecule has 1 aromatic carbocycles. The summed E-state index contributed by atoms with van der Waals surface area (Å²) >= 11 is 0. The van der Waals surface area contributed by atoms with Crippen LogP contribution in [0.25, 0.3) is 0 Å². The van der Waals surface area contributed by atoms with E-state index in [1.165, 1.54) is 24.3 Å². The highest BCUT2D eigenvalue weighted by atomic mass is 15.2. The van der Waals surface area contributed by atoms with Gasteiger partial charge >= 0.3 is 0 Å². The molecule has 1 heterocycles. The van der Waals surface area contributed by atoms with Gasteiger partial charge in [-0.05, 0) is 36.4 Å². The number of anilines is 1. The number of nitrogens with one attached hydrogen (secondary N) is 1. The molecule has 1 aliphatic heterocycles. The number of hydrogen-bond donors (Lipinski definition) is 1. The van der Waals surface area contributed by atoms with Crippen LogP contribution < -0.4 is 10.2 Å². The van der Waals surface area contributed by atoms with E-state index in [4.69, 9.17) is 0 Å². The van der Waals surface area contributed by atoms with Crippen molar-refractivity contribution in [2.75, 3.05) is 24.5 Å². The Labute approximate surface area is 118 Å². The molecule has 2 nitrogen and oxygen atoms in total. The van der Waals surface area contributed by atoms with Crippen molar-refractivity contribution >= 4 is 5.69 Å². The normalized spacial score (nSPS) is 18.3. The summed E-state index contributed by atoms with van der Waals surface area (Å²) < 4.78 is 0. The molecular formula is C17H28N2. The van der Waals surface area contributed by atoms with E-state index in [9.17, 15) is 0 Å². The van der Waals surface area contributed by atoms with Crippen molar-refractivity contribution in [2.24, 2.45) is 11.3 Å². The topological polar surface area (TPSA) is 15.3 Å². The fraction of sp³-hybridized carbons (Fsp3) is 0.647. The van der Waals surface area contributed by atoms with E-state index in [1.807, 2.05) is 0 Å². The summed E-state index contributed by atoms with van der Waals surface area (Å²) in [5.41, 5.74) is 3.27. The van der Waals surface area contributed by atoms with E-state index < -0.39 is 0 Å². The van der Waals surface area contributed by atoms with Gasteiger partial charge in [-0.15, -0.1) is 0 Å². The molecule has 1 fully saturated rings. The van der Waals surface area contributed by atoms with Gasteiger partial charge in [-0.2, -0.15) is 0 Å². The second-order valence-electron chi connectivity index (χ2n) is 6.81. The highest BCUT2D eigenvalue weighted by Crippen LogP contribution is 2.38. The van der Waals surface area contributed by atoms with Gasteiger partial charge in [0.2, 0.25) is 0 Å². The lowest BCUT2D eigenvalue weighted by Crippen LogP contribution is -2.52. The maximum Gasteiger partial charge on any atom is 0.0414 e. The Balaban J connectivity index is 2.10. The monoisotopic (exact) mass is 260 g/mol. The van der Waals surface area contributed by atoms with Gasteiger partial charge in [-0.25, -0.2) is 0 Å². The molecule has 1 aliphatic rings. The van der Waals surface area contributed by atoms with Gasteiger partial charge in [-0.3, -0.25) is 0 Å². The molecular weight excluding hydrogens is 232 g/mol. The minimum Gasteiger partial charge on any atom is -0.371 e. The molecule has 19 heavy (non-hydrogen) atoms. The van der Waals surface area contributed by atoms with Gasteiger partial charge in [0, 0.05) is 24.8 Å². The molecule has 1 aromatic rings. The Kier molecular flexibility index (Phi) is 4.19. The molecule has 0 spiro atoms.